The number of ether oxygens (including phenoxy) is 1. The maximum absolute atomic E-state index is 8.00. The molecular formula is C18H30O3. The molecule has 3 nitrogen and oxygen atoms in total. The molecule has 0 saturated heterocycles. The smallest absolute Gasteiger partial charge is 0.125 e. The van der Waals surface area contributed by atoms with E-state index >= 15 is 0 Å². The zero-order valence-electron chi connectivity index (χ0n) is 14.5. The number of hydrogen-bond acceptors (Lipinski definition) is 3. The van der Waals surface area contributed by atoms with Gasteiger partial charge in [0.1, 0.15) is 19.3 Å². The van der Waals surface area contributed by atoms with E-state index < -0.39 is 0 Å². The van der Waals surface area contributed by atoms with Crippen molar-refractivity contribution in [3.63, 3.8) is 0 Å². The topological polar surface area (TPSA) is 43.4 Å². The minimum absolute atomic E-state index is 0.501. The van der Waals surface area contributed by atoms with Crippen LogP contribution in [0, 0.1) is 0 Å². The first-order valence-corrected chi connectivity index (χ1v) is 7.17. The van der Waals surface area contributed by atoms with Gasteiger partial charge in [-0.1, -0.05) is 53.7 Å². The Hall–Kier alpha value is -1.64. The van der Waals surface area contributed by atoms with Crippen LogP contribution in [0.15, 0.2) is 12.1 Å². The van der Waals surface area contributed by atoms with Crippen molar-refractivity contribution in [1.82, 2.24) is 0 Å². The Kier molecular flexibility index (Phi) is 11.4. The highest BCUT2D eigenvalue weighted by atomic mass is 16.5. The molecule has 0 fully saturated rings. The standard InChI is InChI=1S/C16H26O.2CH2O/c1-10(2)13-8-14(11(3)4)16(17-7)15(9-13)12(5)6;2*1-2/h8-12H,1-7H3;2*1H2. The van der Waals surface area contributed by atoms with E-state index in [0.29, 0.717) is 17.8 Å². The van der Waals surface area contributed by atoms with Crippen LogP contribution in [-0.4, -0.2) is 20.7 Å². The molecule has 120 valence electrons. The van der Waals surface area contributed by atoms with Crippen LogP contribution < -0.4 is 4.74 Å². The van der Waals surface area contributed by atoms with Gasteiger partial charge in [0.05, 0.1) is 7.11 Å². The summed E-state index contributed by atoms with van der Waals surface area (Å²) in [6.45, 7) is 17.4. The van der Waals surface area contributed by atoms with E-state index in [1.54, 1.807) is 7.11 Å². The molecular weight excluding hydrogens is 264 g/mol. The quantitative estimate of drug-likeness (QED) is 0.808. The lowest BCUT2D eigenvalue weighted by molar-refractivity contribution is -0.0987. The molecule has 0 N–H and O–H groups in total. The lowest BCUT2D eigenvalue weighted by Crippen LogP contribution is -2.03. The maximum atomic E-state index is 8.00. The molecule has 0 spiro atoms. The Morgan fingerprint density at radius 2 is 1.10 bits per heavy atom. The summed E-state index contributed by atoms with van der Waals surface area (Å²) >= 11 is 0. The van der Waals surface area contributed by atoms with Gasteiger partial charge in [-0.05, 0) is 34.4 Å². The van der Waals surface area contributed by atoms with Crippen LogP contribution in [0.3, 0.4) is 0 Å². The van der Waals surface area contributed by atoms with E-state index in [4.69, 9.17) is 14.3 Å². The molecule has 0 atom stereocenters. The molecule has 0 radical (unpaired) electrons. The Balaban J connectivity index is 0. The molecule has 1 aromatic carbocycles. The highest BCUT2D eigenvalue weighted by Crippen LogP contribution is 2.37. The predicted molar refractivity (Wildman–Crippen MR) is 89.5 cm³/mol. The van der Waals surface area contributed by atoms with Crippen molar-refractivity contribution in [3.8, 4) is 5.75 Å². The van der Waals surface area contributed by atoms with Gasteiger partial charge in [-0.3, -0.25) is 0 Å². The molecule has 0 aliphatic carbocycles. The van der Waals surface area contributed by atoms with Gasteiger partial charge in [0.15, 0.2) is 0 Å². The number of carbonyl (C=O) groups excluding carboxylic acids is 2. The van der Waals surface area contributed by atoms with Crippen molar-refractivity contribution in [2.24, 2.45) is 0 Å². The Bertz CT molecular complexity index is 378. The second kappa shape index (κ2) is 11.1. The summed E-state index contributed by atoms with van der Waals surface area (Å²) < 4.78 is 5.63. The Labute approximate surface area is 129 Å². The molecule has 21 heavy (non-hydrogen) atoms. The van der Waals surface area contributed by atoms with E-state index in [2.05, 4.69) is 53.7 Å². The molecule has 3 heteroatoms. The third kappa shape index (κ3) is 6.11. The van der Waals surface area contributed by atoms with Gasteiger partial charge >= 0.3 is 0 Å². The molecule has 0 aromatic heterocycles. The summed E-state index contributed by atoms with van der Waals surface area (Å²) in [5.74, 6) is 2.65. The lowest BCUT2D eigenvalue weighted by atomic mass is 9.88. The summed E-state index contributed by atoms with van der Waals surface area (Å²) in [7, 11) is 1.78. The summed E-state index contributed by atoms with van der Waals surface area (Å²) in [6, 6.07) is 4.61. The SMILES string of the molecule is C=O.C=O.COc1c(C(C)C)cc(C(C)C)cc1C(C)C. The van der Waals surface area contributed by atoms with E-state index in [-0.39, 0.29) is 0 Å². The van der Waals surface area contributed by atoms with Crippen LogP contribution in [0.25, 0.3) is 0 Å². The third-order valence-electron chi connectivity index (χ3n) is 3.28. The fourth-order valence-corrected chi connectivity index (χ4v) is 2.13. The first-order valence-electron chi connectivity index (χ1n) is 7.17. The summed E-state index contributed by atoms with van der Waals surface area (Å²) in [4.78, 5) is 16.0. The Morgan fingerprint density at radius 3 is 1.29 bits per heavy atom. The van der Waals surface area contributed by atoms with E-state index in [1.165, 1.54) is 16.7 Å². The number of carbonyl (C=O) groups is 2. The molecule has 1 aromatic rings. The van der Waals surface area contributed by atoms with Crippen molar-refractivity contribution in [2.75, 3.05) is 7.11 Å². The van der Waals surface area contributed by atoms with Gasteiger partial charge in [-0.15, -0.1) is 0 Å². The fourth-order valence-electron chi connectivity index (χ4n) is 2.13. The van der Waals surface area contributed by atoms with Crippen LogP contribution >= 0.6 is 0 Å². The Morgan fingerprint density at radius 1 is 0.762 bits per heavy atom. The van der Waals surface area contributed by atoms with Crippen LogP contribution in [0.5, 0.6) is 5.75 Å². The average molecular weight is 294 g/mol. The van der Waals surface area contributed by atoms with Gasteiger partial charge < -0.3 is 14.3 Å². The zero-order chi connectivity index (χ0) is 17.2. The molecule has 0 unspecified atom stereocenters. The molecule has 0 amide bonds. The second-order valence-electron chi connectivity index (χ2n) is 5.70. The van der Waals surface area contributed by atoms with Crippen LogP contribution in [0.4, 0.5) is 0 Å². The van der Waals surface area contributed by atoms with E-state index in [0.717, 1.165) is 5.75 Å². The van der Waals surface area contributed by atoms with Gasteiger partial charge in [-0.25, -0.2) is 0 Å². The summed E-state index contributed by atoms with van der Waals surface area (Å²) in [5.41, 5.74) is 4.09. The predicted octanol–water partition coefficient (Wildman–Crippen LogP) is 4.70. The number of hydrogen-bond donors (Lipinski definition) is 0. The molecule has 0 saturated carbocycles. The number of rotatable bonds is 4. The van der Waals surface area contributed by atoms with Crippen LogP contribution in [0.1, 0.15) is 76.0 Å². The molecule has 0 bridgehead atoms. The highest BCUT2D eigenvalue weighted by molar-refractivity contribution is 5.48. The molecule has 0 aliphatic heterocycles. The second-order valence-corrected chi connectivity index (χ2v) is 5.70. The largest absolute Gasteiger partial charge is 0.496 e. The molecule has 0 aliphatic rings. The normalized spacial score (nSPS) is 9.81. The fraction of sp³-hybridized carbons (Fsp3) is 0.556. The van der Waals surface area contributed by atoms with Crippen molar-refractivity contribution in [3.05, 3.63) is 28.8 Å². The maximum Gasteiger partial charge on any atom is 0.125 e. The first kappa shape index (κ1) is 21.7. The van der Waals surface area contributed by atoms with E-state index in [9.17, 15) is 0 Å². The zero-order valence-corrected chi connectivity index (χ0v) is 14.5. The van der Waals surface area contributed by atoms with Gasteiger partial charge in [0.25, 0.3) is 0 Å². The van der Waals surface area contributed by atoms with Crippen LogP contribution in [-0.2, 0) is 9.59 Å². The van der Waals surface area contributed by atoms with Crippen molar-refractivity contribution in [2.45, 2.75) is 59.3 Å². The van der Waals surface area contributed by atoms with Gasteiger partial charge in [0.2, 0.25) is 0 Å². The first-order chi connectivity index (χ1) is 9.88. The third-order valence-corrected chi connectivity index (χ3v) is 3.28. The molecule has 1 rings (SSSR count). The highest BCUT2D eigenvalue weighted by Gasteiger charge is 2.17. The average Bonchev–Trinajstić information content (AvgIpc) is 2.49. The number of benzene rings is 1. The molecule has 0 heterocycles. The van der Waals surface area contributed by atoms with Gasteiger partial charge in [-0.2, -0.15) is 0 Å². The monoisotopic (exact) mass is 294 g/mol. The van der Waals surface area contributed by atoms with Crippen LogP contribution in [0.2, 0.25) is 0 Å². The summed E-state index contributed by atoms with van der Waals surface area (Å²) in [6.07, 6.45) is 0. The number of methoxy groups -OCH3 is 1. The minimum Gasteiger partial charge on any atom is -0.496 e. The lowest BCUT2D eigenvalue weighted by Gasteiger charge is -2.21. The van der Waals surface area contributed by atoms with Crippen molar-refractivity contribution in [1.29, 1.82) is 0 Å². The van der Waals surface area contributed by atoms with Crippen molar-refractivity contribution >= 4 is 13.6 Å². The minimum atomic E-state index is 0.501. The summed E-state index contributed by atoms with van der Waals surface area (Å²) in [5, 5.41) is 0. The van der Waals surface area contributed by atoms with E-state index in [1.807, 2.05) is 13.6 Å². The van der Waals surface area contributed by atoms with Crippen molar-refractivity contribution < 1.29 is 14.3 Å². The van der Waals surface area contributed by atoms with Gasteiger partial charge in [0, 0.05) is 0 Å².